The summed E-state index contributed by atoms with van der Waals surface area (Å²) < 4.78 is 17.5. The lowest BCUT2D eigenvalue weighted by molar-refractivity contribution is -0.187. The molecule has 2 aliphatic heterocycles. The van der Waals surface area contributed by atoms with Gasteiger partial charge in [-0.15, -0.1) is 0 Å². The Kier molecular flexibility index (Phi) is 4.10. The average molecular weight is 365 g/mol. The molecule has 3 rings (SSSR count). The molecule has 0 radical (unpaired) electrons. The van der Waals surface area contributed by atoms with E-state index in [9.17, 15) is 19.7 Å². The number of anilines is 1. The Balaban J connectivity index is 2.00. The number of aliphatic hydroxyl groups excluding tert-OH is 1. The molecule has 0 amide bonds. The van der Waals surface area contributed by atoms with Gasteiger partial charge in [0.05, 0.1) is 13.2 Å². The van der Waals surface area contributed by atoms with Gasteiger partial charge in [0, 0.05) is 11.8 Å². The quantitative estimate of drug-likeness (QED) is 0.459. The van der Waals surface area contributed by atoms with Gasteiger partial charge in [0.15, 0.2) is 6.23 Å². The maximum Gasteiger partial charge on any atom is 0.351 e. The van der Waals surface area contributed by atoms with Gasteiger partial charge in [-0.25, -0.2) is 4.79 Å². The molecule has 1 aromatic rings. The fourth-order valence-corrected chi connectivity index (χ4v) is 3.69. The van der Waals surface area contributed by atoms with Crippen molar-refractivity contribution in [3.8, 4) is 0 Å². The second-order valence-corrected chi connectivity index (χ2v) is 8.14. The van der Waals surface area contributed by atoms with E-state index in [0.29, 0.717) is 5.56 Å². The van der Waals surface area contributed by atoms with Crippen LogP contribution in [0.25, 0.3) is 0 Å². The van der Waals surface area contributed by atoms with Crippen LogP contribution in [0, 0.1) is 6.92 Å². The van der Waals surface area contributed by atoms with E-state index in [-0.39, 0.29) is 12.4 Å². The summed E-state index contributed by atoms with van der Waals surface area (Å²) in [5.41, 5.74) is 4.15. The minimum atomic E-state index is -4.01. The first-order valence-electron chi connectivity index (χ1n) is 6.66. The van der Waals surface area contributed by atoms with E-state index in [1.807, 2.05) is 0 Å². The predicted molar refractivity (Wildman–Crippen MR) is 80.9 cm³/mol. The van der Waals surface area contributed by atoms with E-state index in [0.717, 1.165) is 0 Å². The lowest BCUT2D eigenvalue weighted by Gasteiger charge is -2.30. The molecule has 0 spiro atoms. The molecule has 2 aliphatic rings. The van der Waals surface area contributed by atoms with E-state index in [2.05, 4.69) is 16.8 Å². The zero-order chi connectivity index (χ0) is 17.0. The molecule has 2 bridgehead atoms. The number of aryl methyl sites for hydroxylation is 1. The molecule has 12 heteroatoms. The van der Waals surface area contributed by atoms with Crippen LogP contribution in [0.1, 0.15) is 11.8 Å². The summed E-state index contributed by atoms with van der Waals surface area (Å²) >= 11 is 4.48. The highest BCUT2D eigenvalue weighted by Crippen LogP contribution is 2.52. The van der Waals surface area contributed by atoms with Crippen molar-refractivity contribution >= 4 is 24.3 Å². The third-order valence-electron chi connectivity index (χ3n) is 3.94. The summed E-state index contributed by atoms with van der Waals surface area (Å²) in [5, 5.41) is 9.65. The van der Waals surface area contributed by atoms with E-state index in [1.54, 1.807) is 6.92 Å². The summed E-state index contributed by atoms with van der Waals surface area (Å²) in [6, 6.07) is 0. The Morgan fingerprint density at radius 3 is 2.96 bits per heavy atom. The molecule has 0 saturated carbocycles. The lowest BCUT2D eigenvalue weighted by atomic mass is 10.0. The maximum absolute atomic E-state index is 12.1. The third-order valence-corrected chi connectivity index (χ3v) is 4.70. The van der Waals surface area contributed by atoms with Gasteiger partial charge in [0.2, 0.25) is 0 Å². The van der Waals surface area contributed by atoms with Gasteiger partial charge in [-0.1, -0.05) is 0 Å². The van der Waals surface area contributed by atoms with Gasteiger partial charge in [-0.3, -0.25) is 9.09 Å². The van der Waals surface area contributed by atoms with Crippen molar-refractivity contribution in [1.29, 1.82) is 0 Å². The van der Waals surface area contributed by atoms with Crippen LogP contribution in [0.4, 0.5) is 5.82 Å². The second kappa shape index (κ2) is 5.57. The number of nitrogen functional groups attached to an aromatic ring is 1. The molecule has 3 heterocycles. The van der Waals surface area contributed by atoms with Crippen LogP contribution in [-0.2, 0) is 25.8 Å². The van der Waals surface area contributed by atoms with Crippen molar-refractivity contribution in [2.45, 2.75) is 31.0 Å². The molecule has 0 aliphatic carbocycles. The minimum Gasteiger partial charge on any atom is -0.393 e. The van der Waals surface area contributed by atoms with Gasteiger partial charge in [-0.2, -0.15) is 4.98 Å². The van der Waals surface area contributed by atoms with Crippen LogP contribution in [0.2, 0.25) is 0 Å². The van der Waals surface area contributed by atoms with Crippen LogP contribution in [0.5, 0.6) is 0 Å². The summed E-state index contributed by atoms with van der Waals surface area (Å²) in [7, 11) is 0. The van der Waals surface area contributed by atoms with E-state index >= 15 is 0 Å². The molecule has 5 N–H and O–H groups in total. The molecular formula is C11H16N3O7PS. The Morgan fingerprint density at radius 2 is 2.35 bits per heavy atom. The van der Waals surface area contributed by atoms with Crippen molar-refractivity contribution in [2.24, 2.45) is 0 Å². The first-order valence-corrected chi connectivity index (χ1v) is 9.29. The molecule has 1 aromatic heterocycles. The van der Waals surface area contributed by atoms with Crippen LogP contribution >= 0.6 is 6.72 Å². The summed E-state index contributed by atoms with van der Waals surface area (Å²) in [5.74, 6) is 0.0983. The van der Waals surface area contributed by atoms with Crippen LogP contribution in [0.15, 0.2) is 11.0 Å². The second-order valence-electron chi connectivity index (χ2n) is 5.52. The van der Waals surface area contributed by atoms with Crippen molar-refractivity contribution in [3.05, 3.63) is 22.2 Å². The van der Waals surface area contributed by atoms with Gasteiger partial charge < -0.3 is 30.1 Å². The maximum atomic E-state index is 12.1. The molecule has 10 nitrogen and oxygen atoms in total. The number of ether oxygens (including phenoxy) is 2. The first-order chi connectivity index (χ1) is 10.7. The van der Waals surface area contributed by atoms with Gasteiger partial charge in [0.25, 0.3) is 0 Å². The highest BCUT2D eigenvalue weighted by atomic mass is 32.5. The Labute approximate surface area is 135 Å². The molecule has 2 saturated heterocycles. The number of rotatable bonds is 4. The van der Waals surface area contributed by atoms with Crippen molar-refractivity contribution in [1.82, 2.24) is 9.55 Å². The largest absolute Gasteiger partial charge is 0.393 e. The van der Waals surface area contributed by atoms with Gasteiger partial charge >= 0.3 is 12.4 Å². The zero-order valence-corrected chi connectivity index (χ0v) is 13.7. The monoisotopic (exact) mass is 365 g/mol. The highest BCUT2D eigenvalue weighted by molar-refractivity contribution is 8.06. The fraction of sp³-hybridized carbons (Fsp3) is 0.636. The van der Waals surface area contributed by atoms with Crippen LogP contribution in [-0.4, -0.2) is 55.5 Å². The number of aliphatic hydroxyl groups is 1. The SMILES string of the molecule is Cc1cn([C@@H]2O[C@@]3(CO)CO[C@@H]2[C@@H]3OP(O)(O)=S)c(=O)nc1N. The van der Waals surface area contributed by atoms with E-state index in [4.69, 9.17) is 19.7 Å². The fourth-order valence-electron chi connectivity index (χ4n) is 2.80. The third kappa shape index (κ3) is 2.83. The topological polar surface area (TPSA) is 149 Å². The normalized spacial score (nSPS) is 33.3. The van der Waals surface area contributed by atoms with E-state index < -0.39 is 43.1 Å². The Morgan fingerprint density at radius 1 is 1.65 bits per heavy atom. The van der Waals surface area contributed by atoms with E-state index in [1.165, 1.54) is 10.8 Å². The summed E-state index contributed by atoms with van der Waals surface area (Å²) in [6.45, 7) is -2.87. The molecular weight excluding hydrogens is 349 g/mol. The lowest BCUT2D eigenvalue weighted by Crippen LogP contribution is -2.45. The standard InChI is InChI=1S/C11H16N3O7PS/c1-5-2-14(10(16)13-8(5)12)9-6-7(21-22(17,18)23)11(3-15,20-9)4-19-6/h2,6-7,9,15H,3-4H2,1H3,(H2,12,13,16)(H2,17,18,23)/t6-,7+,9-,11+/m1/s1. The number of nitrogens with two attached hydrogens (primary N) is 1. The number of hydrogen-bond donors (Lipinski definition) is 4. The number of fused-ring (bicyclic) bond motifs is 2. The molecule has 23 heavy (non-hydrogen) atoms. The van der Waals surface area contributed by atoms with Crippen LogP contribution in [0.3, 0.4) is 0 Å². The summed E-state index contributed by atoms with van der Waals surface area (Å²) in [4.78, 5) is 34.6. The predicted octanol–water partition coefficient (Wildman–Crippen LogP) is -1.61. The highest BCUT2D eigenvalue weighted by Gasteiger charge is 2.64. The first kappa shape index (κ1) is 16.9. The zero-order valence-electron chi connectivity index (χ0n) is 12.0. The van der Waals surface area contributed by atoms with Gasteiger partial charge in [-0.05, 0) is 18.7 Å². The van der Waals surface area contributed by atoms with Crippen molar-refractivity contribution in [3.63, 3.8) is 0 Å². The van der Waals surface area contributed by atoms with Crippen LogP contribution < -0.4 is 11.4 Å². The van der Waals surface area contributed by atoms with Crippen molar-refractivity contribution < 1.29 is 28.9 Å². The van der Waals surface area contributed by atoms with Gasteiger partial charge in [0.1, 0.15) is 23.6 Å². The molecule has 128 valence electrons. The molecule has 2 fully saturated rings. The molecule has 4 atom stereocenters. The Bertz CT molecular complexity index is 737. The molecule has 0 unspecified atom stereocenters. The summed E-state index contributed by atoms with van der Waals surface area (Å²) in [6.07, 6.45) is -1.38. The Hall–Kier alpha value is -0.910. The van der Waals surface area contributed by atoms with Crippen molar-refractivity contribution in [2.75, 3.05) is 18.9 Å². The number of nitrogens with zero attached hydrogens (tertiary/aromatic N) is 2. The minimum absolute atomic E-state index is 0.0270. The average Bonchev–Trinajstić information content (AvgIpc) is 2.93. The smallest absolute Gasteiger partial charge is 0.351 e. The number of hydrogen-bond acceptors (Lipinski definition) is 8. The number of aromatic nitrogens is 2. The molecule has 0 aromatic carbocycles.